The summed E-state index contributed by atoms with van der Waals surface area (Å²) in [7, 11) is -3.53. The summed E-state index contributed by atoms with van der Waals surface area (Å²) in [6.07, 6.45) is 0.993. The second kappa shape index (κ2) is 8.00. The molecule has 0 radical (unpaired) electrons. The molecule has 1 aliphatic rings. The maximum absolute atomic E-state index is 12.9. The van der Waals surface area contributed by atoms with Gasteiger partial charge in [0.05, 0.1) is 4.90 Å². The number of nitrogens with zero attached hydrogens (tertiary/aromatic N) is 1. The zero-order valence-corrected chi connectivity index (χ0v) is 17.0. The first kappa shape index (κ1) is 19.9. The lowest BCUT2D eigenvalue weighted by Gasteiger charge is -2.30. The van der Waals surface area contributed by atoms with Crippen molar-refractivity contribution in [2.45, 2.75) is 31.6 Å². The Kier molecular flexibility index (Phi) is 5.89. The topological polar surface area (TPSA) is 66.5 Å². The maximum atomic E-state index is 12.9. The fourth-order valence-corrected chi connectivity index (χ4v) is 4.94. The maximum Gasteiger partial charge on any atom is 0.243 e. The highest BCUT2D eigenvalue weighted by molar-refractivity contribution is 7.89. The van der Waals surface area contributed by atoms with Gasteiger partial charge >= 0.3 is 0 Å². The first-order chi connectivity index (χ1) is 12.8. The third-order valence-electron chi connectivity index (χ3n) is 5.03. The molecule has 27 heavy (non-hydrogen) atoms. The van der Waals surface area contributed by atoms with E-state index in [1.165, 1.54) is 4.31 Å². The average Bonchev–Trinajstić information content (AvgIpc) is 2.64. The summed E-state index contributed by atoms with van der Waals surface area (Å²) in [4.78, 5) is 12.8. The molecule has 7 heteroatoms. The Morgan fingerprint density at radius 1 is 1.07 bits per heavy atom. The minimum absolute atomic E-state index is 0.0968. The standard InChI is InChI=1S/C20H23ClN2O3S/c1-14-6-7-19(12-15(14)2)27(25,26)23-10-8-16(9-11-23)20(24)22-18-5-3-4-17(21)13-18/h3-7,12-13,16H,8-11H2,1-2H3,(H,22,24). The number of amides is 1. The molecule has 144 valence electrons. The molecular formula is C20H23ClN2O3S. The lowest BCUT2D eigenvalue weighted by Crippen LogP contribution is -2.41. The van der Waals surface area contributed by atoms with Gasteiger partial charge in [-0.05, 0) is 68.1 Å². The molecule has 0 aliphatic carbocycles. The summed E-state index contributed by atoms with van der Waals surface area (Å²) < 4.78 is 27.2. The molecule has 0 unspecified atom stereocenters. The fourth-order valence-electron chi connectivity index (χ4n) is 3.19. The van der Waals surface area contributed by atoms with Crippen molar-refractivity contribution in [1.82, 2.24) is 4.31 Å². The zero-order chi connectivity index (χ0) is 19.6. The lowest BCUT2D eigenvalue weighted by atomic mass is 9.97. The van der Waals surface area contributed by atoms with E-state index in [-0.39, 0.29) is 11.8 Å². The molecule has 0 aromatic heterocycles. The third kappa shape index (κ3) is 4.51. The fraction of sp³-hybridized carbons (Fsp3) is 0.350. The van der Waals surface area contributed by atoms with Crippen LogP contribution in [0.2, 0.25) is 5.02 Å². The van der Waals surface area contributed by atoms with Gasteiger partial charge in [0.1, 0.15) is 0 Å². The van der Waals surface area contributed by atoms with Gasteiger partial charge in [0.2, 0.25) is 15.9 Å². The van der Waals surface area contributed by atoms with E-state index in [4.69, 9.17) is 11.6 Å². The van der Waals surface area contributed by atoms with Gasteiger partial charge in [-0.1, -0.05) is 23.7 Å². The molecule has 2 aromatic carbocycles. The van der Waals surface area contributed by atoms with Crippen LogP contribution in [-0.2, 0) is 14.8 Å². The van der Waals surface area contributed by atoms with Crippen molar-refractivity contribution in [3.63, 3.8) is 0 Å². The number of carbonyl (C=O) groups is 1. The smallest absolute Gasteiger partial charge is 0.243 e. The van der Waals surface area contributed by atoms with Gasteiger partial charge in [-0.25, -0.2) is 8.42 Å². The van der Waals surface area contributed by atoms with Crippen LogP contribution in [0.4, 0.5) is 5.69 Å². The van der Waals surface area contributed by atoms with Crippen LogP contribution in [0.15, 0.2) is 47.4 Å². The summed E-state index contributed by atoms with van der Waals surface area (Å²) in [6.45, 7) is 4.53. The Morgan fingerprint density at radius 2 is 1.78 bits per heavy atom. The van der Waals surface area contributed by atoms with E-state index in [1.54, 1.807) is 36.4 Å². The molecule has 1 amide bonds. The number of hydrogen-bond acceptors (Lipinski definition) is 3. The normalized spacial score (nSPS) is 16.3. The highest BCUT2D eigenvalue weighted by atomic mass is 35.5. The van der Waals surface area contributed by atoms with Gasteiger partial charge in [0.15, 0.2) is 0 Å². The molecule has 0 spiro atoms. The summed E-state index contributed by atoms with van der Waals surface area (Å²) in [5, 5.41) is 3.42. The predicted molar refractivity (Wildman–Crippen MR) is 107 cm³/mol. The Bertz CT molecular complexity index is 951. The van der Waals surface area contributed by atoms with Gasteiger partial charge in [0.25, 0.3) is 0 Å². The van der Waals surface area contributed by atoms with Gasteiger partial charge < -0.3 is 5.32 Å². The number of nitrogens with one attached hydrogen (secondary N) is 1. The van der Waals surface area contributed by atoms with Gasteiger partial charge in [-0.3, -0.25) is 4.79 Å². The number of aryl methyl sites for hydroxylation is 2. The average molecular weight is 407 g/mol. The highest BCUT2D eigenvalue weighted by Gasteiger charge is 2.32. The van der Waals surface area contributed by atoms with Crippen LogP contribution in [-0.4, -0.2) is 31.7 Å². The van der Waals surface area contributed by atoms with E-state index in [0.717, 1.165) is 11.1 Å². The summed E-state index contributed by atoms with van der Waals surface area (Å²) in [5.41, 5.74) is 2.66. The number of rotatable bonds is 4. The van der Waals surface area contributed by atoms with Crippen LogP contribution in [0.5, 0.6) is 0 Å². The van der Waals surface area contributed by atoms with Crippen molar-refractivity contribution in [3.8, 4) is 0 Å². The van der Waals surface area contributed by atoms with Crippen LogP contribution in [0.25, 0.3) is 0 Å². The van der Waals surface area contributed by atoms with Crippen LogP contribution in [0.1, 0.15) is 24.0 Å². The Morgan fingerprint density at radius 3 is 2.41 bits per heavy atom. The van der Waals surface area contributed by atoms with Crippen LogP contribution in [0.3, 0.4) is 0 Å². The van der Waals surface area contributed by atoms with Crippen molar-refractivity contribution in [1.29, 1.82) is 0 Å². The molecule has 1 fully saturated rings. The molecule has 0 saturated carbocycles. The first-order valence-electron chi connectivity index (χ1n) is 8.91. The molecule has 1 heterocycles. The minimum atomic E-state index is -3.53. The van der Waals surface area contributed by atoms with Crippen molar-refractivity contribution >= 4 is 33.2 Å². The quantitative estimate of drug-likeness (QED) is 0.834. The summed E-state index contributed by atoms with van der Waals surface area (Å²) >= 11 is 5.94. The number of hydrogen-bond donors (Lipinski definition) is 1. The van der Waals surface area contributed by atoms with E-state index in [9.17, 15) is 13.2 Å². The Labute approximate surface area is 165 Å². The van der Waals surface area contributed by atoms with E-state index < -0.39 is 10.0 Å². The van der Waals surface area contributed by atoms with E-state index in [2.05, 4.69) is 5.32 Å². The molecule has 0 atom stereocenters. The molecule has 3 rings (SSSR count). The number of carbonyl (C=O) groups excluding carboxylic acids is 1. The highest BCUT2D eigenvalue weighted by Crippen LogP contribution is 2.26. The van der Waals surface area contributed by atoms with Crippen LogP contribution >= 0.6 is 11.6 Å². The summed E-state index contributed by atoms with van der Waals surface area (Å²) in [6, 6.07) is 12.2. The van der Waals surface area contributed by atoms with Crippen LogP contribution in [0, 0.1) is 19.8 Å². The second-order valence-electron chi connectivity index (χ2n) is 6.92. The number of piperidine rings is 1. The Hall–Kier alpha value is -1.89. The van der Waals surface area contributed by atoms with Crippen molar-refractivity contribution in [2.75, 3.05) is 18.4 Å². The zero-order valence-electron chi connectivity index (χ0n) is 15.4. The second-order valence-corrected chi connectivity index (χ2v) is 9.30. The SMILES string of the molecule is Cc1ccc(S(=O)(=O)N2CCC(C(=O)Nc3cccc(Cl)c3)CC2)cc1C. The molecule has 1 aliphatic heterocycles. The predicted octanol–water partition coefficient (Wildman–Crippen LogP) is 4.00. The van der Waals surface area contributed by atoms with E-state index >= 15 is 0 Å². The molecule has 1 saturated heterocycles. The number of benzene rings is 2. The van der Waals surface area contributed by atoms with Crippen LogP contribution < -0.4 is 5.32 Å². The van der Waals surface area contributed by atoms with Crippen molar-refractivity contribution < 1.29 is 13.2 Å². The lowest BCUT2D eigenvalue weighted by molar-refractivity contribution is -0.120. The Balaban J connectivity index is 1.64. The third-order valence-corrected chi connectivity index (χ3v) is 7.16. The monoisotopic (exact) mass is 406 g/mol. The molecule has 2 aromatic rings. The minimum Gasteiger partial charge on any atom is -0.326 e. The largest absolute Gasteiger partial charge is 0.326 e. The summed E-state index contributed by atoms with van der Waals surface area (Å²) in [5.74, 6) is -0.310. The molecular weight excluding hydrogens is 384 g/mol. The van der Waals surface area contributed by atoms with Crippen molar-refractivity contribution in [3.05, 3.63) is 58.6 Å². The number of sulfonamides is 1. The molecule has 0 bridgehead atoms. The van der Waals surface area contributed by atoms with Gasteiger partial charge in [0, 0.05) is 29.7 Å². The molecule has 5 nitrogen and oxygen atoms in total. The van der Waals surface area contributed by atoms with Crippen molar-refractivity contribution in [2.24, 2.45) is 5.92 Å². The van der Waals surface area contributed by atoms with E-state index in [1.807, 2.05) is 19.9 Å². The van der Waals surface area contributed by atoms with Gasteiger partial charge in [-0.2, -0.15) is 4.31 Å². The van der Waals surface area contributed by atoms with Gasteiger partial charge in [-0.15, -0.1) is 0 Å². The first-order valence-corrected chi connectivity index (χ1v) is 10.7. The number of halogens is 1. The van der Waals surface area contributed by atoms with E-state index in [0.29, 0.717) is 41.5 Å². The number of anilines is 1. The molecule has 1 N–H and O–H groups in total.